The summed E-state index contributed by atoms with van der Waals surface area (Å²) in [7, 11) is 0. The Morgan fingerprint density at radius 3 is 0.938 bits per heavy atom. The molecule has 4 heteroatoms. The van der Waals surface area contributed by atoms with Gasteiger partial charge in [0.1, 0.15) is 0 Å². The van der Waals surface area contributed by atoms with Crippen molar-refractivity contribution in [3.8, 4) is 0 Å². The highest BCUT2D eigenvalue weighted by atomic mass is 16.5. The lowest BCUT2D eigenvalue weighted by atomic mass is 10.1. The lowest BCUT2D eigenvalue weighted by Crippen LogP contribution is -2.08. The molecule has 0 saturated carbocycles. The second-order valence-corrected chi connectivity index (χ2v) is 4.35. The minimum atomic E-state index is 0.721. The van der Waals surface area contributed by atoms with E-state index < -0.39 is 0 Å². The summed E-state index contributed by atoms with van der Waals surface area (Å²) >= 11 is 0. The van der Waals surface area contributed by atoms with Crippen molar-refractivity contribution in [3.05, 3.63) is 0 Å². The van der Waals surface area contributed by atoms with Crippen molar-refractivity contribution in [2.24, 2.45) is 0 Å². The van der Waals surface area contributed by atoms with E-state index in [1.165, 1.54) is 51.4 Å². The predicted octanol–water partition coefficient (Wildman–Crippen LogP) is 2.85. The Hall–Kier alpha value is -0.160. The summed E-state index contributed by atoms with van der Waals surface area (Å²) in [6.45, 7) is 1.44. The minimum Gasteiger partial charge on any atom is -0.317 e. The van der Waals surface area contributed by atoms with Crippen LogP contribution in [0.4, 0.5) is 0 Å². The molecule has 4 N–H and O–H groups in total. The van der Waals surface area contributed by atoms with Gasteiger partial charge >= 0.3 is 0 Å². The first-order valence-electron chi connectivity index (χ1n) is 6.65. The van der Waals surface area contributed by atoms with Gasteiger partial charge in [0.25, 0.3) is 0 Å². The van der Waals surface area contributed by atoms with E-state index in [4.69, 9.17) is 10.4 Å². The Bertz CT molecular complexity index is 110. The van der Waals surface area contributed by atoms with Gasteiger partial charge < -0.3 is 10.4 Å². The number of unbranched alkanes of at least 4 members (excludes halogenated alkanes) is 9. The first kappa shape index (κ1) is 15.8. The smallest absolute Gasteiger partial charge is 0.0207 e. The zero-order chi connectivity index (χ0) is 11.9. The number of nitrogens with one attached hydrogen (secondary N) is 2. The molecule has 0 atom stereocenters. The second kappa shape index (κ2) is 14.8. The number of hydroxylamine groups is 2. The Labute approximate surface area is 99.3 Å². The highest BCUT2D eigenvalue weighted by Gasteiger charge is 1.92. The molecule has 0 unspecified atom stereocenters. The molecule has 98 valence electrons. The van der Waals surface area contributed by atoms with Crippen molar-refractivity contribution in [1.29, 1.82) is 0 Å². The van der Waals surface area contributed by atoms with Gasteiger partial charge in [-0.1, -0.05) is 51.4 Å². The monoisotopic (exact) mass is 232 g/mol. The molecule has 0 aromatic carbocycles. The van der Waals surface area contributed by atoms with E-state index in [0.29, 0.717) is 0 Å². The van der Waals surface area contributed by atoms with Gasteiger partial charge in [0, 0.05) is 13.1 Å². The van der Waals surface area contributed by atoms with Crippen molar-refractivity contribution in [2.75, 3.05) is 13.1 Å². The first-order chi connectivity index (χ1) is 7.91. The Morgan fingerprint density at radius 1 is 0.438 bits per heavy atom. The molecule has 0 aromatic rings. The maximum atomic E-state index is 8.36. The quantitative estimate of drug-likeness (QED) is 0.291. The van der Waals surface area contributed by atoms with Crippen LogP contribution in [0.2, 0.25) is 0 Å². The van der Waals surface area contributed by atoms with E-state index in [1.54, 1.807) is 0 Å². The molecule has 4 nitrogen and oxygen atoms in total. The van der Waals surface area contributed by atoms with Crippen LogP contribution in [0, 0.1) is 0 Å². The molecule has 0 amide bonds. The Balaban J connectivity index is 2.83. The first-order valence-corrected chi connectivity index (χ1v) is 6.65. The van der Waals surface area contributed by atoms with Crippen LogP contribution in [0.3, 0.4) is 0 Å². The van der Waals surface area contributed by atoms with E-state index in [2.05, 4.69) is 11.0 Å². The third-order valence-corrected chi connectivity index (χ3v) is 2.83. The van der Waals surface area contributed by atoms with E-state index in [0.717, 1.165) is 25.9 Å². The zero-order valence-corrected chi connectivity index (χ0v) is 10.4. The van der Waals surface area contributed by atoms with Crippen molar-refractivity contribution >= 4 is 0 Å². The second-order valence-electron chi connectivity index (χ2n) is 4.35. The number of rotatable bonds is 13. The SMILES string of the molecule is ONCCCCCCCCCCCCNO. The minimum absolute atomic E-state index is 0.721. The van der Waals surface area contributed by atoms with E-state index in [-0.39, 0.29) is 0 Å². The average Bonchev–Trinajstić information content (AvgIpc) is 2.31. The molecule has 0 heterocycles. The van der Waals surface area contributed by atoms with Gasteiger partial charge in [-0.25, -0.2) is 11.0 Å². The standard InChI is InChI=1S/C12H28N2O2/c15-13-11-9-7-5-3-1-2-4-6-8-10-12-14-16/h13-16H,1-12H2. The molecule has 0 aliphatic carbocycles. The van der Waals surface area contributed by atoms with Gasteiger partial charge in [-0.15, -0.1) is 0 Å². The molecule has 16 heavy (non-hydrogen) atoms. The normalized spacial score (nSPS) is 10.9. The molecule has 0 fully saturated rings. The largest absolute Gasteiger partial charge is 0.317 e. The fraction of sp³-hybridized carbons (Fsp3) is 1.00. The van der Waals surface area contributed by atoms with Crippen LogP contribution in [0.15, 0.2) is 0 Å². The van der Waals surface area contributed by atoms with Crippen LogP contribution < -0.4 is 11.0 Å². The van der Waals surface area contributed by atoms with Crippen LogP contribution >= 0.6 is 0 Å². The Kier molecular flexibility index (Phi) is 14.7. The summed E-state index contributed by atoms with van der Waals surface area (Å²) in [5.74, 6) is 0. The van der Waals surface area contributed by atoms with Crippen molar-refractivity contribution in [2.45, 2.75) is 64.2 Å². The Morgan fingerprint density at radius 2 is 0.688 bits per heavy atom. The van der Waals surface area contributed by atoms with Gasteiger partial charge in [-0.2, -0.15) is 0 Å². The lowest BCUT2D eigenvalue weighted by molar-refractivity contribution is 0.164. The van der Waals surface area contributed by atoms with E-state index in [1.807, 2.05) is 0 Å². The van der Waals surface area contributed by atoms with Gasteiger partial charge in [0.2, 0.25) is 0 Å². The van der Waals surface area contributed by atoms with Crippen LogP contribution in [-0.2, 0) is 0 Å². The summed E-state index contributed by atoms with van der Waals surface area (Å²) in [4.78, 5) is 0. The lowest BCUT2D eigenvalue weighted by Gasteiger charge is -2.02. The summed E-state index contributed by atoms with van der Waals surface area (Å²) < 4.78 is 0. The van der Waals surface area contributed by atoms with Crippen molar-refractivity contribution in [1.82, 2.24) is 11.0 Å². The summed E-state index contributed by atoms with van der Waals surface area (Å²) in [5, 5.41) is 16.7. The van der Waals surface area contributed by atoms with Gasteiger partial charge in [-0.3, -0.25) is 0 Å². The van der Waals surface area contributed by atoms with Crippen molar-refractivity contribution < 1.29 is 10.4 Å². The molecule has 0 bridgehead atoms. The average molecular weight is 232 g/mol. The summed E-state index contributed by atoms with van der Waals surface area (Å²) in [5.41, 5.74) is 4.36. The molecular formula is C12H28N2O2. The van der Waals surface area contributed by atoms with Gasteiger partial charge in [0.15, 0.2) is 0 Å². The molecule has 0 aromatic heterocycles. The van der Waals surface area contributed by atoms with E-state index in [9.17, 15) is 0 Å². The van der Waals surface area contributed by atoms with Crippen LogP contribution in [-0.4, -0.2) is 23.5 Å². The highest BCUT2D eigenvalue weighted by Crippen LogP contribution is 2.10. The third kappa shape index (κ3) is 13.8. The molecule has 0 aliphatic heterocycles. The summed E-state index contributed by atoms with van der Waals surface area (Å²) in [6.07, 6.45) is 12.5. The zero-order valence-electron chi connectivity index (χ0n) is 10.4. The molecule has 0 saturated heterocycles. The number of hydrogen-bond donors (Lipinski definition) is 4. The molecule has 0 radical (unpaired) electrons. The summed E-state index contributed by atoms with van der Waals surface area (Å²) in [6, 6.07) is 0. The van der Waals surface area contributed by atoms with E-state index >= 15 is 0 Å². The third-order valence-electron chi connectivity index (χ3n) is 2.83. The maximum Gasteiger partial charge on any atom is 0.0207 e. The van der Waals surface area contributed by atoms with Gasteiger partial charge in [-0.05, 0) is 12.8 Å². The number of hydrogen-bond acceptors (Lipinski definition) is 4. The fourth-order valence-electron chi connectivity index (χ4n) is 1.82. The fourth-order valence-corrected chi connectivity index (χ4v) is 1.82. The van der Waals surface area contributed by atoms with Crippen LogP contribution in [0.5, 0.6) is 0 Å². The van der Waals surface area contributed by atoms with Gasteiger partial charge in [0.05, 0.1) is 0 Å². The maximum absolute atomic E-state index is 8.36. The van der Waals surface area contributed by atoms with Crippen LogP contribution in [0.1, 0.15) is 64.2 Å². The molecule has 0 aliphatic rings. The molecule has 0 spiro atoms. The predicted molar refractivity (Wildman–Crippen MR) is 65.7 cm³/mol. The molecular weight excluding hydrogens is 204 g/mol. The topological polar surface area (TPSA) is 64.5 Å². The van der Waals surface area contributed by atoms with Crippen molar-refractivity contribution in [3.63, 3.8) is 0 Å². The van der Waals surface area contributed by atoms with Crippen LogP contribution in [0.25, 0.3) is 0 Å². The molecule has 0 rings (SSSR count). The highest BCUT2D eigenvalue weighted by molar-refractivity contribution is 4.48.